The lowest BCUT2D eigenvalue weighted by Crippen LogP contribution is -2.54. The molecule has 1 heterocycles. The molecule has 4 heteroatoms. The maximum absolute atomic E-state index is 12.1. The summed E-state index contributed by atoms with van der Waals surface area (Å²) in [7, 11) is 0. The molecule has 0 aromatic rings. The summed E-state index contributed by atoms with van der Waals surface area (Å²) in [5.74, 6) is 3.11. The fraction of sp³-hybridized carbons (Fsp3) is 0.923. The molecule has 0 spiro atoms. The topological polar surface area (TPSA) is 49.3 Å². The number of carbonyl (C=O) groups is 1. The van der Waals surface area contributed by atoms with Crippen LogP contribution in [-0.2, 0) is 4.79 Å². The molecule has 0 aromatic carbocycles. The van der Waals surface area contributed by atoms with Crippen molar-refractivity contribution < 1.29 is 9.90 Å². The Kier molecular flexibility index (Phi) is 4.36. The Hall–Kier alpha value is -0.220. The van der Waals surface area contributed by atoms with Crippen LogP contribution in [0.2, 0.25) is 0 Å². The Morgan fingerprint density at radius 1 is 1.41 bits per heavy atom. The predicted octanol–water partition coefficient (Wildman–Crippen LogP) is 1.80. The lowest BCUT2D eigenvalue weighted by Gasteiger charge is -2.39. The largest absolute Gasteiger partial charge is 0.394 e. The molecule has 2 fully saturated rings. The Morgan fingerprint density at radius 3 is 2.65 bits per heavy atom. The van der Waals surface area contributed by atoms with E-state index in [-0.39, 0.29) is 24.0 Å². The summed E-state index contributed by atoms with van der Waals surface area (Å²) in [5.41, 5.74) is -0.323. The van der Waals surface area contributed by atoms with Gasteiger partial charge in [-0.25, -0.2) is 0 Å². The summed E-state index contributed by atoms with van der Waals surface area (Å²) in [6.07, 6.45) is 5.07. The van der Waals surface area contributed by atoms with E-state index in [0.717, 1.165) is 49.5 Å². The fourth-order valence-corrected chi connectivity index (χ4v) is 3.96. The van der Waals surface area contributed by atoms with Gasteiger partial charge in [-0.05, 0) is 43.8 Å². The van der Waals surface area contributed by atoms with E-state index in [9.17, 15) is 9.90 Å². The zero-order valence-corrected chi connectivity index (χ0v) is 11.4. The van der Waals surface area contributed by atoms with E-state index in [4.69, 9.17) is 0 Å². The van der Waals surface area contributed by atoms with Gasteiger partial charge in [0.2, 0.25) is 5.91 Å². The van der Waals surface area contributed by atoms with Gasteiger partial charge in [-0.3, -0.25) is 4.79 Å². The van der Waals surface area contributed by atoms with E-state index in [1.165, 1.54) is 0 Å². The van der Waals surface area contributed by atoms with Crippen LogP contribution in [0.4, 0.5) is 0 Å². The second-order valence-corrected chi connectivity index (χ2v) is 6.82. The van der Waals surface area contributed by atoms with Gasteiger partial charge in [0.1, 0.15) is 0 Å². The smallest absolute Gasteiger partial charge is 0.224 e. The molecule has 1 amide bonds. The highest BCUT2D eigenvalue weighted by molar-refractivity contribution is 7.99. The van der Waals surface area contributed by atoms with Crippen molar-refractivity contribution in [1.82, 2.24) is 5.32 Å². The van der Waals surface area contributed by atoms with Crippen molar-refractivity contribution >= 4 is 17.7 Å². The van der Waals surface area contributed by atoms with E-state index >= 15 is 0 Å². The van der Waals surface area contributed by atoms with E-state index in [1.54, 1.807) is 0 Å². The SMILES string of the molecule is CC1CCC(CO)(NC(=O)C2CCSC2)CC1. The zero-order chi connectivity index (χ0) is 12.3. The molecule has 17 heavy (non-hydrogen) atoms. The number of thioether (sulfide) groups is 1. The highest BCUT2D eigenvalue weighted by Gasteiger charge is 2.37. The van der Waals surface area contributed by atoms with Gasteiger partial charge in [-0.15, -0.1) is 0 Å². The van der Waals surface area contributed by atoms with Crippen molar-refractivity contribution in [2.75, 3.05) is 18.1 Å². The molecular formula is C13H23NO2S. The lowest BCUT2D eigenvalue weighted by atomic mass is 9.77. The average Bonchev–Trinajstić information content (AvgIpc) is 2.86. The highest BCUT2D eigenvalue weighted by atomic mass is 32.2. The number of rotatable bonds is 3. The maximum atomic E-state index is 12.1. The van der Waals surface area contributed by atoms with Gasteiger partial charge in [0.15, 0.2) is 0 Å². The lowest BCUT2D eigenvalue weighted by molar-refractivity contribution is -0.127. The number of nitrogens with one attached hydrogen (secondary N) is 1. The van der Waals surface area contributed by atoms with Gasteiger partial charge >= 0.3 is 0 Å². The van der Waals surface area contributed by atoms with E-state index < -0.39 is 0 Å². The molecule has 98 valence electrons. The third-order valence-corrected chi connectivity index (χ3v) is 5.39. The van der Waals surface area contributed by atoms with Crippen LogP contribution in [0.25, 0.3) is 0 Å². The molecule has 0 aromatic heterocycles. The monoisotopic (exact) mass is 257 g/mol. The first-order chi connectivity index (χ1) is 8.15. The summed E-state index contributed by atoms with van der Waals surface area (Å²) in [6, 6.07) is 0. The summed E-state index contributed by atoms with van der Waals surface area (Å²) < 4.78 is 0. The average molecular weight is 257 g/mol. The van der Waals surface area contributed by atoms with Crippen molar-refractivity contribution in [3.8, 4) is 0 Å². The molecule has 0 radical (unpaired) electrons. The Morgan fingerprint density at radius 2 is 2.12 bits per heavy atom. The fourth-order valence-electron chi connectivity index (χ4n) is 2.74. The summed E-state index contributed by atoms with van der Waals surface area (Å²) in [4.78, 5) is 12.1. The predicted molar refractivity (Wildman–Crippen MR) is 71.0 cm³/mol. The van der Waals surface area contributed by atoms with Gasteiger partial charge in [-0.1, -0.05) is 6.92 Å². The number of hydrogen-bond donors (Lipinski definition) is 2. The van der Waals surface area contributed by atoms with Crippen molar-refractivity contribution in [1.29, 1.82) is 0 Å². The van der Waals surface area contributed by atoms with Crippen LogP contribution < -0.4 is 5.32 Å². The molecule has 2 rings (SSSR count). The highest BCUT2D eigenvalue weighted by Crippen LogP contribution is 2.32. The maximum Gasteiger partial charge on any atom is 0.224 e. The summed E-state index contributed by atoms with van der Waals surface area (Å²) in [5, 5.41) is 12.7. The first-order valence-electron chi connectivity index (χ1n) is 6.66. The second kappa shape index (κ2) is 5.61. The molecule has 1 unspecified atom stereocenters. The molecule has 2 N–H and O–H groups in total. The Bertz CT molecular complexity index is 269. The number of aliphatic hydroxyl groups excluding tert-OH is 1. The Labute approximate surface area is 108 Å². The van der Waals surface area contributed by atoms with Gasteiger partial charge in [0, 0.05) is 11.7 Å². The minimum Gasteiger partial charge on any atom is -0.394 e. The number of amides is 1. The van der Waals surface area contributed by atoms with Gasteiger partial charge in [-0.2, -0.15) is 11.8 Å². The van der Waals surface area contributed by atoms with Crippen molar-refractivity contribution in [3.63, 3.8) is 0 Å². The molecule has 1 aliphatic heterocycles. The van der Waals surface area contributed by atoms with Crippen molar-refractivity contribution in [2.45, 2.75) is 44.6 Å². The van der Waals surface area contributed by atoms with Crippen LogP contribution in [0.5, 0.6) is 0 Å². The molecular weight excluding hydrogens is 234 g/mol. The third-order valence-electron chi connectivity index (χ3n) is 4.22. The van der Waals surface area contributed by atoms with Crippen LogP contribution >= 0.6 is 11.8 Å². The number of carbonyl (C=O) groups excluding carboxylic acids is 1. The Balaban J connectivity index is 1.92. The minimum atomic E-state index is -0.323. The van der Waals surface area contributed by atoms with Gasteiger partial charge < -0.3 is 10.4 Å². The summed E-state index contributed by atoms with van der Waals surface area (Å²) in [6.45, 7) is 2.34. The number of aliphatic hydroxyl groups is 1. The zero-order valence-electron chi connectivity index (χ0n) is 10.6. The van der Waals surface area contributed by atoms with Gasteiger partial charge in [0.25, 0.3) is 0 Å². The summed E-state index contributed by atoms with van der Waals surface area (Å²) >= 11 is 1.86. The normalized spacial score (nSPS) is 38.0. The first-order valence-corrected chi connectivity index (χ1v) is 7.81. The van der Waals surface area contributed by atoms with Crippen LogP contribution in [0, 0.1) is 11.8 Å². The minimum absolute atomic E-state index is 0.0886. The molecule has 1 saturated heterocycles. The van der Waals surface area contributed by atoms with Gasteiger partial charge in [0.05, 0.1) is 12.1 Å². The van der Waals surface area contributed by atoms with Crippen molar-refractivity contribution in [2.24, 2.45) is 11.8 Å². The third kappa shape index (κ3) is 3.16. The van der Waals surface area contributed by atoms with E-state index in [1.807, 2.05) is 11.8 Å². The van der Waals surface area contributed by atoms with Crippen molar-refractivity contribution in [3.05, 3.63) is 0 Å². The van der Waals surface area contributed by atoms with Crippen LogP contribution in [0.15, 0.2) is 0 Å². The molecule has 3 nitrogen and oxygen atoms in total. The number of hydrogen-bond acceptors (Lipinski definition) is 3. The molecule has 1 saturated carbocycles. The first kappa shape index (κ1) is 13.2. The standard InChI is InChI=1S/C13H23NO2S/c1-10-2-5-13(9-15,6-3-10)14-12(16)11-4-7-17-8-11/h10-11,15H,2-9H2,1H3,(H,14,16). The molecule has 1 atom stereocenters. The van der Waals surface area contributed by atoms with Crippen LogP contribution in [0.3, 0.4) is 0 Å². The molecule has 0 bridgehead atoms. The van der Waals surface area contributed by atoms with Crippen LogP contribution in [0.1, 0.15) is 39.0 Å². The molecule has 2 aliphatic rings. The van der Waals surface area contributed by atoms with E-state index in [0.29, 0.717) is 0 Å². The van der Waals surface area contributed by atoms with Crippen LogP contribution in [-0.4, -0.2) is 34.7 Å². The quantitative estimate of drug-likeness (QED) is 0.810. The second-order valence-electron chi connectivity index (χ2n) is 5.67. The van der Waals surface area contributed by atoms with E-state index in [2.05, 4.69) is 12.2 Å². The molecule has 1 aliphatic carbocycles.